The summed E-state index contributed by atoms with van der Waals surface area (Å²) in [5.41, 5.74) is 0.272. The molecule has 0 amide bonds. The fourth-order valence-electron chi connectivity index (χ4n) is 1.13. The zero-order valence-electron chi connectivity index (χ0n) is 10.5. The van der Waals surface area contributed by atoms with E-state index >= 15 is 0 Å². The summed E-state index contributed by atoms with van der Waals surface area (Å²) < 4.78 is 6.67. The molecule has 0 aliphatic rings. The van der Waals surface area contributed by atoms with Gasteiger partial charge in [-0.15, -0.1) is 5.10 Å². The topological polar surface area (TPSA) is 77.2 Å². The minimum Gasteiger partial charge on any atom is -0.465 e. The first-order valence-electron chi connectivity index (χ1n) is 5.60. The van der Waals surface area contributed by atoms with E-state index in [2.05, 4.69) is 10.3 Å². The monoisotopic (exact) mass is 241 g/mol. The first kappa shape index (κ1) is 13.6. The first-order valence-corrected chi connectivity index (χ1v) is 5.60. The van der Waals surface area contributed by atoms with Gasteiger partial charge >= 0.3 is 5.97 Å². The summed E-state index contributed by atoms with van der Waals surface area (Å²) in [6, 6.07) is 0. The van der Waals surface area contributed by atoms with Gasteiger partial charge in [0.25, 0.3) is 0 Å². The molecule has 1 aromatic rings. The van der Waals surface area contributed by atoms with Crippen LogP contribution in [-0.2, 0) is 22.5 Å². The van der Waals surface area contributed by atoms with Crippen LogP contribution in [0.1, 0.15) is 26.5 Å². The van der Waals surface area contributed by atoms with Crippen LogP contribution in [-0.4, -0.2) is 39.3 Å². The summed E-state index contributed by atoms with van der Waals surface area (Å²) >= 11 is 0. The van der Waals surface area contributed by atoms with Crippen LogP contribution in [0.4, 0.5) is 0 Å². The molecule has 6 nitrogen and oxygen atoms in total. The lowest BCUT2D eigenvalue weighted by molar-refractivity contribution is -0.152. The van der Waals surface area contributed by atoms with Gasteiger partial charge in [-0.25, -0.2) is 4.68 Å². The smallest absolute Gasteiger partial charge is 0.311 e. The second-order valence-electron chi connectivity index (χ2n) is 4.83. The van der Waals surface area contributed by atoms with Crippen LogP contribution < -0.4 is 0 Å². The summed E-state index contributed by atoms with van der Waals surface area (Å²) in [5.74, 6) is -0.222. The molecule has 0 spiro atoms. The maximum Gasteiger partial charge on any atom is 0.311 e. The van der Waals surface area contributed by atoms with Crippen LogP contribution in [0.2, 0.25) is 0 Å². The quantitative estimate of drug-likeness (QED) is 0.755. The average molecular weight is 241 g/mol. The van der Waals surface area contributed by atoms with E-state index in [0.29, 0.717) is 19.6 Å². The highest BCUT2D eigenvalue weighted by atomic mass is 16.5. The zero-order chi connectivity index (χ0) is 12.9. The number of hydrogen-bond acceptors (Lipinski definition) is 5. The van der Waals surface area contributed by atoms with E-state index in [9.17, 15) is 4.79 Å². The van der Waals surface area contributed by atoms with Gasteiger partial charge in [0.2, 0.25) is 0 Å². The van der Waals surface area contributed by atoms with Gasteiger partial charge in [-0.3, -0.25) is 4.79 Å². The molecule has 0 aromatic carbocycles. The third-order valence-electron chi connectivity index (χ3n) is 2.12. The summed E-state index contributed by atoms with van der Waals surface area (Å²) in [7, 11) is 0. The predicted molar refractivity (Wildman–Crippen MR) is 61.2 cm³/mol. The maximum absolute atomic E-state index is 11.5. The van der Waals surface area contributed by atoms with Crippen molar-refractivity contribution in [1.82, 2.24) is 15.0 Å². The number of ether oxygens (including phenoxy) is 1. The number of esters is 1. The van der Waals surface area contributed by atoms with Gasteiger partial charge < -0.3 is 9.84 Å². The standard InChI is InChI=1S/C11H19N3O3/c1-11(2,3)10(16)17-7-4-9-8-14(5-6-15)13-12-9/h8,15H,4-7H2,1-3H3. The van der Waals surface area contributed by atoms with Gasteiger partial charge in [-0.05, 0) is 20.8 Å². The highest BCUT2D eigenvalue weighted by Crippen LogP contribution is 2.15. The molecule has 17 heavy (non-hydrogen) atoms. The molecule has 0 fully saturated rings. The highest BCUT2D eigenvalue weighted by molar-refractivity contribution is 5.75. The highest BCUT2D eigenvalue weighted by Gasteiger charge is 2.22. The van der Waals surface area contributed by atoms with E-state index < -0.39 is 5.41 Å². The van der Waals surface area contributed by atoms with E-state index in [1.54, 1.807) is 10.9 Å². The molecule has 0 atom stereocenters. The largest absolute Gasteiger partial charge is 0.465 e. The fourth-order valence-corrected chi connectivity index (χ4v) is 1.13. The van der Waals surface area contributed by atoms with Crippen molar-refractivity contribution in [2.75, 3.05) is 13.2 Å². The third kappa shape index (κ3) is 4.52. The predicted octanol–water partition coefficient (Wildman–Crippen LogP) is 0.402. The van der Waals surface area contributed by atoms with Crippen molar-refractivity contribution in [3.8, 4) is 0 Å². The summed E-state index contributed by atoms with van der Waals surface area (Å²) in [5, 5.41) is 16.4. The molecular weight excluding hydrogens is 222 g/mol. The van der Waals surface area contributed by atoms with Gasteiger partial charge in [0, 0.05) is 12.6 Å². The number of hydrogen-bond donors (Lipinski definition) is 1. The van der Waals surface area contributed by atoms with Gasteiger partial charge in [-0.1, -0.05) is 5.21 Å². The van der Waals surface area contributed by atoms with E-state index in [0.717, 1.165) is 5.69 Å². The van der Waals surface area contributed by atoms with Gasteiger partial charge in [0.15, 0.2) is 0 Å². The van der Waals surface area contributed by atoms with Gasteiger partial charge in [-0.2, -0.15) is 0 Å². The molecule has 1 heterocycles. The van der Waals surface area contributed by atoms with Crippen molar-refractivity contribution >= 4 is 5.97 Å². The van der Waals surface area contributed by atoms with Crippen molar-refractivity contribution in [2.45, 2.75) is 33.7 Å². The molecule has 1 rings (SSSR count). The fraction of sp³-hybridized carbons (Fsp3) is 0.727. The van der Waals surface area contributed by atoms with Crippen LogP contribution in [0, 0.1) is 5.41 Å². The van der Waals surface area contributed by atoms with Crippen LogP contribution in [0.3, 0.4) is 0 Å². The molecule has 6 heteroatoms. The summed E-state index contributed by atoms with van der Waals surface area (Å²) in [4.78, 5) is 11.5. The molecule has 0 radical (unpaired) electrons. The zero-order valence-corrected chi connectivity index (χ0v) is 10.5. The Morgan fingerprint density at radius 3 is 2.82 bits per heavy atom. The Labute approximate surface area is 101 Å². The Morgan fingerprint density at radius 2 is 2.24 bits per heavy atom. The Kier molecular flexibility index (Phi) is 4.62. The molecule has 0 aliphatic carbocycles. The lowest BCUT2D eigenvalue weighted by Crippen LogP contribution is -2.23. The van der Waals surface area contributed by atoms with Crippen LogP contribution in [0.5, 0.6) is 0 Å². The summed E-state index contributed by atoms with van der Waals surface area (Å²) in [6.45, 7) is 6.19. The van der Waals surface area contributed by atoms with E-state index in [4.69, 9.17) is 9.84 Å². The molecule has 1 aromatic heterocycles. The van der Waals surface area contributed by atoms with Crippen LogP contribution >= 0.6 is 0 Å². The summed E-state index contributed by atoms with van der Waals surface area (Å²) in [6.07, 6.45) is 2.27. The molecule has 96 valence electrons. The minimum atomic E-state index is -0.478. The van der Waals surface area contributed by atoms with E-state index in [1.165, 1.54) is 0 Å². The van der Waals surface area contributed by atoms with Crippen molar-refractivity contribution in [3.05, 3.63) is 11.9 Å². The van der Waals surface area contributed by atoms with Crippen molar-refractivity contribution in [1.29, 1.82) is 0 Å². The second-order valence-corrected chi connectivity index (χ2v) is 4.83. The number of nitrogens with zero attached hydrogens (tertiary/aromatic N) is 3. The SMILES string of the molecule is CC(C)(C)C(=O)OCCc1cn(CCO)nn1. The number of carbonyl (C=O) groups is 1. The van der Waals surface area contributed by atoms with Crippen LogP contribution in [0.15, 0.2) is 6.20 Å². The number of aliphatic hydroxyl groups is 1. The van der Waals surface area contributed by atoms with E-state index in [-0.39, 0.29) is 12.6 Å². The normalized spacial score (nSPS) is 11.5. The molecular formula is C11H19N3O3. The van der Waals surface area contributed by atoms with Crippen molar-refractivity contribution in [2.24, 2.45) is 5.41 Å². The third-order valence-corrected chi connectivity index (χ3v) is 2.12. The number of carbonyl (C=O) groups excluding carboxylic acids is 1. The molecule has 0 aliphatic heterocycles. The minimum absolute atomic E-state index is 0.0296. The molecule has 0 bridgehead atoms. The van der Waals surface area contributed by atoms with Crippen molar-refractivity contribution < 1.29 is 14.6 Å². The maximum atomic E-state index is 11.5. The molecule has 0 saturated carbocycles. The molecule has 0 saturated heterocycles. The molecule has 1 N–H and O–H groups in total. The Bertz CT molecular complexity index is 368. The van der Waals surface area contributed by atoms with E-state index in [1.807, 2.05) is 20.8 Å². The van der Waals surface area contributed by atoms with Gasteiger partial charge in [0.05, 0.1) is 30.9 Å². The number of aromatic nitrogens is 3. The Morgan fingerprint density at radius 1 is 1.53 bits per heavy atom. The average Bonchev–Trinajstić information content (AvgIpc) is 2.65. The second kappa shape index (κ2) is 5.77. The first-order chi connectivity index (χ1) is 7.93. The molecule has 0 unspecified atom stereocenters. The Hall–Kier alpha value is -1.43. The Balaban J connectivity index is 2.33. The lowest BCUT2D eigenvalue weighted by atomic mass is 9.97. The lowest BCUT2D eigenvalue weighted by Gasteiger charge is -2.15. The van der Waals surface area contributed by atoms with Gasteiger partial charge in [0.1, 0.15) is 0 Å². The number of rotatable bonds is 5. The van der Waals surface area contributed by atoms with Crippen molar-refractivity contribution in [3.63, 3.8) is 0 Å². The van der Waals surface area contributed by atoms with Crippen LogP contribution in [0.25, 0.3) is 0 Å². The number of aliphatic hydroxyl groups excluding tert-OH is 1.